The summed E-state index contributed by atoms with van der Waals surface area (Å²) >= 11 is 7.30. The van der Waals surface area contributed by atoms with Crippen LogP contribution in [0.2, 0.25) is 0 Å². The van der Waals surface area contributed by atoms with E-state index in [-0.39, 0.29) is 0 Å². The van der Waals surface area contributed by atoms with Crippen LogP contribution in [-0.4, -0.2) is 4.98 Å². The first-order chi connectivity index (χ1) is 7.38. The largest absolute Gasteiger partial charge is 0.487 e. The monoisotopic (exact) mass is 239 g/mol. The Balaban J connectivity index is 1.93. The number of nitrogens with zero attached hydrogens (tertiary/aromatic N) is 1. The molecule has 0 spiro atoms. The van der Waals surface area contributed by atoms with Crippen LogP contribution in [0.15, 0.2) is 35.2 Å². The van der Waals surface area contributed by atoms with E-state index < -0.39 is 0 Å². The van der Waals surface area contributed by atoms with Gasteiger partial charge in [-0.2, -0.15) is 11.3 Å². The van der Waals surface area contributed by atoms with Crippen LogP contribution in [-0.2, 0) is 12.5 Å². The molecule has 0 aliphatic rings. The normalized spacial score (nSPS) is 10.2. The molecule has 2 nitrogen and oxygen atoms in total. The van der Waals surface area contributed by atoms with Gasteiger partial charge in [-0.3, -0.25) is 4.98 Å². The van der Waals surface area contributed by atoms with Crippen LogP contribution in [0.5, 0.6) is 5.75 Å². The summed E-state index contributed by atoms with van der Waals surface area (Å²) in [7, 11) is 0. The van der Waals surface area contributed by atoms with Crippen molar-refractivity contribution in [3.8, 4) is 5.75 Å². The number of aromatic nitrogens is 1. The Kier molecular flexibility index (Phi) is 3.59. The van der Waals surface area contributed by atoms with Gasteiger partial charge in [0.25, 0.3) is 0 Å². The minimum absolute atomic E-state index is 0.435. The molecule has 0 bridgehead atoms. The van der Waals surface area contributed by atoms with Gasteiger partial charge in [0.1, 0.15) is 12.4 Å². The topological polar surface area (TPSA) is 22.1 Å². The van der Waals surface area contributed by atoms with Crippen LogP contribution in [0.25, 0.3) is 0 Å². The van der Waals surface area contributed by atoms with Crippen LogP contribution in [0, 0.1) is 0 Å². The van der Waals surface area contributed by atoms with E-state index in [9.17, 15) is 0 Å². The fourth-order valence-electron chi connectivity index (χ4n) is 1.12. The van der Waals surface area contributed by atoms with E-state index in [4.69, 9.17) is 16.3 Å². The first-order valence-electron chi connectivity index (χ1n) is 4.53. The Bertz CT molecular complexity index is 399. The predicted molar refractivity (Wildman–Crippen MR) is 62.4 cm³/mol. The number of pyridine rings is 1. The van der Waals surface area contributed by atoms with Gasteiger partial charge in [-0.05, 0) is 34.5 Å². The molecule has 15 heavy (non-hydrogen) atoms. The van der Waals surface area contributed by atoms with E-state index >= 15 is 0 Å². The van der Waals surface area contributed by atoms with Gasteiger partial charge in [-0.1, -0.05) is 0 Å². The Hall–Kier alpha value is -1.06. The van der Waals surface area contributed by atoms with Crippen LogP contribution in [0.3, 0.4) is 0 Å². The van der Waals surface area contributed by atoms with Crippen molar-refractivity contribution in [3.63, 3.8) is 0 Å². The maximum atomic E-state index is 5.64. The molecule has 0 N–H and O–H groups in total. The van der Waals surface area contributed by atoms with Gasteiger partial charge in [-0.15, -0.1) is 11.6 Å². The van der Waals surface area contributed by atoms with Crippen molar-refractivity contribution < 1.29 is 4.74 Å². The number of halogens is 1. The van der Waals surface area contributed by atoms with E-state index in [0.717, 1.165) is 11.4 Å². The number of rotatable bonds is 4. The summed E-state index contributed by atoms with van der Waals surface area (Å²) in [6, 6.07) is 5.80. The third kappa shape index (κ3) is 2.94. The number of alkyl halides is 1. The fraction of sp³-hybridized carbons (Fsp3) is 0.182. The van der Waals surface area contributed by atoms with Gasteiger partial charge in [0.2, 0.25) is 0 Å². The van der Waals surface area contributed by atoms with E-state index in [1.165, 1.54) is 5.56 Å². The highest BCUT2D eigenvalue weighted by Crippen LogP contribution is 2.14. The molecule has 2 aromatic heterocycles. The second-order valence-electron chi connectivity index (χ2n) is 3.04. The summed E-state index contributed by atoms with van der Waals surface area (Å²) in [6.07, 6.45) is 1.70. The maximum Gasteiger partial charge on any atom is 0.138 e. The van der Waals surface area contributed by atoms with Gasteiger partial charge in [0.15, 0.2) is 0 Å². The highest BCUT2D eigenvalue weighted by Gasteiger charge is 1.97. The van der Waals surface area contributed by atoms with Gasteiger partial charge in [0, 0.05) is 0 Å². The van der Waals surface area contributed by atoms with Gasteiger partial charge in [-0.25, -0.2) is 0 Å². The quantitative estimate of drug-likeness (QED) is 0.763. The van der Waals surface area contributed by atoms with E-state index in [1.54, 1.807) is 17.5 Å². The molecule has 0 aliphatic carbocycles. The molecule has 2 aromatic rings. The van der Waals surface area contributed by atoms with Gasteiger partial charge >= 0.3 is 0 Å². The van der Waals surface area contributed by atoms with Crippen LogP contribution in [0.4, 0.5) is 0 Å². The van der Waals surface area contributed by atoms with Crippen molar-refractivity contribution >= 4 is 22.9 Å². The molecule has 0 aromatic carbocycles. The lowest BCUT2D eigenvalue weighted by Crippen LogP contribution is -1.94. The molecule has 0 saturated heterocycles. The van der Waals surface area contributed by atoms with Crippen molar-refractivity contribution in [2.75, 3.05) is 0 Å². The second kappa shape index (κ2) is 5.14. The molecule has 0 saturated carbocycles. The van der Waals surface area contributed by atoms with Crippen molar-refractivity contribution in [1.82, 2.24) is 4.98 Å². The van der Waals surface area contributed by atoms with Gasteiger partial charge < -0.3 is 4.74 Å². The zero-order valence-corrected chi connectivity index (χ0v) is 9.59. The van der Waals surface area contributed by atoms with E-state index in [2.05, 4.69) is 10.4 Å². The molecule has 0 atom stereocenters. The highest BCUT2D eigenvalue weighted by atomic mass is 35.5. The molecule has 2 rings (SSSR count). The number of ether oxygens (including phenoxy) is 1. The molecule has 78 valence electrons. The maximum absolute atomic E-state index is 5.64. The first kappa shape index (κ1) is 10.5. The van der Waals surface area contributed by atoms with Crippen molar-refractivity contribution in [2.24, 2.45) is 0 Å². The van der Waals surface area contributed by atoms with Crippen LogP contribution in [0.1, 0.15) is 11.3 Å². The van der Waals surface area contributed by atoms with E-state index in [0.29, 0.717) is 12.5 Å². The third-order valence-corrected chi connectivity index (χ3v) is 2.93. The summed E-state index contributed by atoms with van der Waals surface area (Å²) in [4.78, 5) is 4.14. The SMILES string of the molecule is ClCc1ccc(OCc2ccsc2)cn1. The Labute approximate surface area is 97.5 Å². The Morgan fingerprint density at radius 2 is 2.27 bits per heavy atom. The lowest BCUT2D eigenvalue weighted by atomic mass is 10.3. The lowest BCUT2D eigenvalue weighted by Gasteiger charge is -2.04. The molecular formula is C11H10ClNOS. The molecule has 0 fully saturated rings. The second-order valence-corrected chi connectivity index (χ2v) is 4.09. The van der Waals surface area contributed by atoms with E-state index in [1.807, 2.05) is 23.6 Å². The Morgan fingerprint density at radius 1 is 1.33 bits per heavy atom. The molecule has 0 aliphatic heterocycles. The predicted octanol–water partition coefficient (Wildman–Crippen LogP) is 3.46. The fourth-order valence-corrected chi connectivity index (χ4v) is 1.93. The molecule has 0 radical (unpaired) electrons. The zero-order valence-electron chi connectivity index (χ0n) is 8.02. The number of hydrogen-bond donors (Lipinski definition) is 0. The minimum Gasteiger partial charge on any atom is -0.487 e. The average molecular weight is 240 g/mol. The number of hydrogen-bond acceptors (Lipinski definition) is 3. The van der Waals surface area contributed by atoms with Gasteiger partial charge in [0.05, 0.1) is 17.8 Å². The van der Waals surface area contributed by atoms with Crippen molar-refractivity contribution in [1.29, 1.82) is 0 Å². The zero-order chi connectivity index (χ0) is 10.5. The smallest absolute Gasteiger partial charge is 0.138 e. The standard InChI is InChI=1S/C11H10ClNOS/c12-5-10-1-2-11(6-13-10)14-7-9-3-4-15-8-9/h1-4,6,8H,5,7H2. The van der Waals surface area contributed by atoms with Crippen molar-refractivity contribution in [3.05, 3.63) is 46.4 Å². The third-order valence-electron chi connectivity index (χ3n) is 1.92. The van der Waals surface area contributed by atoms with Crippen molar-refractivity contribution in [2.45, 2.75) is 12.5 Å². The summed E-state index contributed by atoms with van der Waals surface area (Å²) in [6.45, 7) is 0.589. The number of thiophene rings is 1. The molecular weight excluding hydrogens is 230 g/mol. The molecule has 4 heteroatoms. The van der Waals surface area contributed by atoms with Crippen LogP contribution < -0.4 is 4.74 Å². The summed E-state index contributed by atoms with van der Waals surface area (Å²) < 4.78 is 5.55. The molecule has 0 unspecified atom stereocenters. The first-order valence-corrected chi connectivity index (χ1v) is 6.01. The lowest BCUT2D eigenvalue weighted by molar-refractivity contribution is 0.305. The highest BCUT2D eigenvalue weighted by molar-refractivity contribution is 7.07. The Morgan fingerprint density at radius 3 is 2.87 bits per heavy atom. The minimum atomic E-state index is 0.435. The summed E-state index contributed by atoms with van der Waals surface area (Å²) in [5, 5.41) is 4.11. The van der Waals surface area contributed by atoms with Crippen LogP contribution >= 0.6 is 22.9 Å². The molecule has 0 amide bonds. The summed E-state index contributed by atoms with van der Waals surface area (Å²) in [5.41, 5.74) is 2.04. The average Bonchev–Trinajstić information content (AvgIpc) is 2.80. The summed E-state index contributed by atoms with van der Waals surface area (Å²) in [5.74, 6) is 1.21. The molecule has 2 heterocycles.